The lowest BCUT2D eigenvalue weighted by atomic mass is 9.83. The summed E-state index contributed by atoms with van der Waals surface area (Å²) in [5.74, 6) is -0.958. The average Bonchev–Trinajstić information content (AvgIpc) is 2.40. The molecular formula is C14H18ClFN2O. The number of carbonyl (C=O) groups excluding carboxylic acids is 1. The molecule has 1 fully saturated rings. The summed E-state index contributed by atoms with van der Waals surface area (Å²) >= 11 is 5.78. The predicted molar refractivity (Wildman–Crippen MR) is 74.0 cm³/mol. The highest BCUT2D eigenvalue weighted by Gasteiger charge is 2.27. The second kappa shape index (κ2) is 5.88. The van der Waals surface area contributed by atoms with E-state index in [1.165, 1.54) is 18.2 Å². The Hall–Kier alpha value is -1.13. The molecule has 0 aromatic heterocycles. The molecule has 0 radical (unpaired) electrons. The lowest BCUT2D eigenvalue weighted by Gasteiger charge is -2.34. The fraction of sp³-hybridized carbons (Fsp3) is 0.500. The number of piperidine rings is 1. The molecule has 0 bridgehead atoms. The van der Waals surface area contributed by atoms with Crippen LogP contribution in [-0.4, -0.2) is 25.5 Å². The molecule has 2 N–H and O–H groups in total. The van der Waals surface area contributed by atoms with Crippen molar-refractivity contribution in [1.29, 1.82) is 0 Å². The van der Waals surface area contributed by atoms with E-state index in [0.29, 0.717) is 11.6 Å². The summed E-state index contributed by atoms with van der Waals surface area (Å²) in [6.45, 7) is 4.54. The lowest BCUT2D eigenvalue weighted by Crippen LogP contribution is -2.45. The van der Waals surface area contributed by atoms with Gasteiger partial charge in [0.1, 0.15) is 5.82 Å². The third-order valence-electron chi connectivity index (χ3n) is 3.53. The number of hydrogen-bond acceptors (Lipinski definition) is 2. The van der Waals surface area contributed by atoms with E-state index in [0.717, 1.165) is 25.9 Å². The summed E-state index contributed by atoms with van der Waals surface area (Å²) in [6, 6.07) is 3.99. The topological polar surface area (TPSA) is 41.1 Å². The summed E-state index contributed by atoms with van der Waals surface area (Å²) in [7, 11) is 0. The van der Waals surface area contributed by atoms with Crippen LogP contribution in [0.15, 0.2) is 18.2 Å². The molecule has 5 heteroatoms. The van der Waals surface area contributed by atoms with Crippen LogP contribution >= 0.6 is 11.6 Å². The Morgan fingerprint density at radius 3 is 3.05 bits per heavy atom. The van der Waals surface area contributed by atoms with Crippen LogP contribution < -0.4 is 10.6 Å². The molecule has 0 aliphatic carbocycles. The smallest absolute Gasteiger partial charge is 0.254 e. The van der Waals surface area contributed by atoms with Crippen molar-refractivity contribution in [2.24, 2.45) is 5.41 Å². The first-order valence-corrected chi connectivity index (χ1v) is 6.82. The van der Waals surface area contributed by atoms with Crippen LogP contribution in [0.5, 0.6) is 0 Å². The van der Waals surface area contributed by atoms with Gasteiger partial charge in [-0.3, -0.25) is 4.79 Å². The number of nitrogens with one attached hydrogen (secondary N) is 2. The molecule has 1 aliphatic heterocycles. The minimum absolute atomic E-state index is 0.000122. The molecule has 104 valence electrons. The van der Waals surface area contributed by atoms with E-state index in [-0.39, 0.29) is 11.0 Å². The minimum Gasteiger partial charge on any atom is -0.351 e. The van der Waals surface area contributed by atoms with Crippen molar-refractivity contribution in [3.05, 3.63) is 34.6 Å². The summed E-state index contributed by atoms with van der Waals surface area (Å²) < 4.78 is 13.5. The Bertz CT molecular complexity index is 473. The van der Waals surface area contributed by atoms with Crippen molar-refractivity contribution in [3.63, 3.8) is 0 Å². The lowest BCUT2D eigenvalue weighted by molar-refractivity contribution is 0.0920. The molecule has 1 aromatic rings. The number of benzene rings is 1. The molecule has 1 saturated heterocycles. The van der Waals surface area contributed by atoms with Gasteiger partial charge in [0.2, 0.25) is 0 Å². The number of halogens is 2. The van der Waals surface area contributed by atoms with Gasteiger partial charge in [0, 0.05) is 18.1 Å². The highest BCUT2D eigenvalue weighted by Crippen LogP contribution is 2.24. The zero-order valence-electron chi connectivity index (χ0n) is 10.9. The first-order chi connectivity index (χ1) is 9.00. The fourth-order valence-corrected chi connectivity index (χ4v) is 2.50. The standard InChI is InChI=1S/C14H18ClFN2O/c1-14(5-2-6-17-8-14)9-18-13(19)11-7-10(15)3-4-12(11)16/h3-4,7,17H,2,5-6,8-9H2,1H3,(H,18,19). The van der Waals surface area contributed by atoms with Gasteiger partial charge < -0.3 is 10.6 Å². The van der Waals surface area contributed by atoms with Crippen molar-refractivity contribution in [2.75, 3.05) is 19.6 Å². The molecular weight excluding hydrogens is 267 g/mol. The molecule has 1 aromatic carbocycles. The van der Waals surface area contributed by atoms with E-state index in [2.05, 4.69) is 17.6 Å². The molecule has 1 atom stereocenters. The Morgan fingerprint density at radius 1 is 1.58 bits per heavy atom. The Morgan fingerprint density at radius 2 is 2.37 bits per heavy atom. The minimum atomic E-state index is -0.547. The van der Waals surface area contributed by atoms with Gasteiger partial charge in [-0.05, 0) is 43.0 Å². The Balaban J connectivity index is 1.99. The first-order valence-electron chi connectivity index (χ1n) is 6.44. The maximum atomic E-state index is 13.5. The van der Waals surface area contributed by atoms with E-state index in [1.807, 2.05) is 0 Å². The molecule has 1 heterocycles. The number of amides is 1. The van der Waals surface area contributed by atoms with Gasteiger partial charge >= 0.3 is 0 Å². The van der Waals surface area contributed by atoms with Crippen molar-refractivity contribution in [2.45, 2.75) is 19.8 Å². The number of hydrogen-bond donors (Lipinski definition) is 2. The molecule has 19 heavy (non-hydrogen) atoms. The molecule has 0 saturated carbocycles. The van der Waals surface area contributed by atoms with Gasteiger partial charge in [0.15, 0.2) is 0 Å². The van der Waals surface area contributed by atoms with Gasteiger partial charge in [-0.2, -0.15) is 0 Å². The van der Waals surface area contributed by atoms with Gasteiger partial charge in [-0.25, -0.2) is 4.39 Å². The van der Waals surface area contributed by atoms with E-state index in [4.69, 9.17) is 11.6 Å². The van der Waals surface area contributed by atoms with Gasteiger partial charge in [-0.1, -0.05) is 18.5 Å². The van der Waals surface area contributed by atoms with E-state index < -0.39 is 11.7 Å². The summed E-state index contributed by atoms with van der Waals surface area (Å²) in [6.07, 6.45) is 2.15. The van der Waals surface area contributed by atoms with E-state index >= 15 is 0 Å². The molecule has 1 unspecified atom stereocenters. The largest absolute Gasteiger partial charge is 0.351 e. The van der Waals surface area contributed by atoms with Crippen LogP contribution in [-0.2, 0) is 0 Å². The number of carbonyl (C=O) groups is 1. The monoisotopic (exact) mass is 284 g/mol. The van der Waals surface area contributed by atoms with Crippen molar-refractivity contribution >= 4 is 17.5 Å². The maximum absolute atomic E-state index is 13.5. The fourth-order valence-electron chi connectivity index (χ4n) is 2.33. The van der Waals surface area contributed by atoms with Gasteiger partial charge in [0.25, 0.3) is 5.91 Å². The average molecular weight is 285 g/mol. The summed E-state index contributed by atoms with van der Waals surface area (Å²) in [5, 5.41) is 6.47. The van der Waals surface area contributed by atoms with E-state index in [1.54, 1.807) is 0 Å². The molecule has 1 amide bonds. The van der Waals surface area contributed by atoms with Crippen LogP contribution in [0.25, 0.3) is 0 Å². The quantitative estimate of drug-likeness (QED) is 0.896. The second-order valence-corrected chi connectivity index (χ2v) is 5.83. The SMILES string of the molecule is CC1(CNC(=O)c2cc(Cl)ccc2F)CCCNC1. The van der Waals surface area contributed by atoms with Gasteiger partial charge in [0.05, 0.1) is 5.56 Å². The van der Waals surface area contributed by atoms with Crippen LogP contribution in [0, 0.1) is 11.2 Å². The first kappa shape index (κ1) is 14.3. The molecule has 3 nitrogen and oxygen atoms in total. The normalized spacial score (nSPS) is 23.1. The highest BCUT2D eigenvalue weighted by atomic mass is 35.5. The number of rotatable bonds is 3. The van der Waals surface area contributed by atoms with Crippen LogP contribution in [0.2, 0.25) is 5.02 Å². The molecule has 1 aliphatic rings. The molecule has 0 spiro atoms. The predicted octanol–water partition coefficient (Wildman–Crippen LogP) is 2.60. The van der Waals surface area contributed by atoms with Crippen LogP contribution in [0.3, 0.4) is 0 Å². The van der Waals surface area contributed by atoms with E-state index in [9.17, 15) is 9.18 Å². The highest BCUT2D eigenvalue weighted by molar-refractivity contribution is 6.30. The van der Waals surface area contributed by atoms with Gasteiger partial charge in [-0.15, -0.1) is 0 Å². The Kier molecular flexibility index (Phi) is 4.42. The van der Waals surface area contributed by atoms with Crippen LogP contribution in [0.4, 0.5) is 4.39 Å². The zero-order chi connectivity index (χ0) is 13.9. The summed E-state index contributed by atoms with van der Waals surface area (Å²) in [5.41, 5.74) is 0.0306. The Labute approximate surface area is 117 Å². The van der Waals surface area contributed by atoms with Crippen molar-refractivity contribution < 1.29 is 9.18 Å². The van der Waals surface area contributed by atoms with Crippen LogP contribution in [0.1, 0.15) is 30.1 Å². The third kappa shape index (κ3) is 3.67. The van der Waals surface area contributed by atoms with Crippen molar-refractivity contribution in [1.82, 2.24) is 10.6 Å². The summed E-state index contributed by atoms with van der Waals surface area (Å²) in [4.78, 5) is 12.0. The maximum Gasteiger partial charge on any atom is 0.254 e. The zero-order valence-corrected chi connectivity index (χ0v) is 11.7. The van der Waals surface area contributed by atoms with Crippen molar-refractivity contribution in [3.8, 4) is 0 Å². The second-order valence-electron chi connectivity index (χ2n) is 5.40. The third-order valence-corrected chi connectivity index (χ3v) is 3.77. The molecule has 2 rings (SSSR count).